The topological polar surface area (TPSA) is 49.2 Å². The van der Waals surface area contributed by atoms with Crippen LogP contribution in [-0.4, -0.2) is 31.3 Å². The standard InChI is InChI=1S/C14H12ClN3O/c15-11-1-2-13-12(8-11)10(9-16)7-14(17-13)18-3-5-19-6-4-18/h1-2,7-8H,3-6H2. The van der Waals surface area contributed by atoms with E-state index in [-0.39, 0.29) is 0 Å². The van der Waals surface area contributed by atoms with Crippen molar-refractivity contribution in [2.75, 3.05) is 31.2 Å². The van der Waals surface area contributed by atoms with E-state index < -0.39 is 0 Å². The molecular weight excluding hydrogens is 262 g/mol. The number of pyridine rings is 1. The van der Waals surface area contributed by atoms with Gasteiger partial charge in [-0.15, -0.1) is 0 Å². The minimum Gasteiger partial charge on any atom is -0.378 e. The van der Waals surface area contributed by atoms with Gasteiger partial charge in [0.2, 0.25) is 0 Å². The third kappa shape index (κ3) is 2.35. The molecule has 3 rings (SSSR count). The van der Waals surface area contributed by atoms with E-state index in [0.717, 1.165) is 29.8 Å². The van der Waals surface area contributed by atoms with E-state index in [1.165, 1.54) is 0 Å². The van der Waals surface area contributed by atoms with Crippen LogP contribution < -0.4 is 4.90 Å². The van der Waals surface area contributed by atoms with Crippen LogP contribution in [0.3, 0.4) is 0 Å². The second-order valence-electron chi connectivity index (χ2n) is 4.40. The molecular formula is C14H12ClN3O. The van der Waals surface area contributed by atoms with E-state index in [0.29, 0.717) is 23.8 Å². The molecule has 1 aromatic heterocycles. The van der Waals surface area contributed by atoms with Crippen LogP contribution in [0.2, 0.25) is 5.02 Å². The number of fused-ring (bicyclic) bond motifs is 1. The summed E-state index contributed by atoms with van der Waals surface area (Å²) < 4.78 is 5.33. The zero-order valence-electron chi connectivity index (χ0n) is 10.3. The van der Waals surface area contributed by atoms with E-state index in [4.69, 9.17) is 16.3 Å². The van der Waals surface area contributed by atoms with E-state index >= 15 is 0 Å². The number of aromatic nitrogens is 1. The summed E-state index contributed by atoms with van der Waals surface area (Å²) in [6.07, 6.45) is 0. The van der Waals surface area contributed by atoms with Crippen LogP contribution in [0.15, 0.2) is 24.3 Å². The predicted octanol–water partition coefficient (Wildman–Crippen LogP) is 2.60. The van der Waals surface area contributed by atoms with Gasteiger partial charge < -0.3 is 9.64 Å². The van der Waals surface area contributed by atoms with Crippen molar-refractivity contribution in [2.24, 2.45) is 0 Å². The van der Waals surface area contributed by atoms with Gasteiger partial charge in [-0.25, -0.2) is 4.98 Å². The maximum absolute atomic E-state index is 9.29. The summed E-state index contributed by atoms with van der Waals surface area (Å²) in [4.78, 5) is 6.75. The van der Waals surface area contributed by atoms with E-state index in [1.54, 1.807) is 12.1 Å². The molecule has 0 amide bonds. The summed E-state index contributed by atoms with van der Waals surface area (Å²) in [5.74, 6) is 0.828. The summed E-state index contributed by atoms with van der Waals surface area (Å²) >= 11 is 5.97. The first-order chi connectivity index (χ1) is 9.28. The summed E-state index contributed by atoms with van der Waals surface area (Å²) in [5.41, 5.74) is 1.40. The monoisotopic (exact) mass is 273 g/mol. The number of anilines is 1. The van der Waals surface area contributed by atoms with Crippen LogP contribution >= 0.6 is 11.6 Å². The Labute approximate surface area is 116 Å². The Hall–Kier alpha value is -1.83. The van der Waals surface area contributed by atoms with Gasteiger partial charge in [-0.2, -0.15) is 5.26 Å². The minimum absolute atomic E-state index is 0.606. The normalized spacial score (nSPS) is 15.5. The highest BCUT2D eigenvalue weighted by molar-refractivity contribution is 6.31. The Morgan fingerprint density at radius 3 is 2.79 bits per heavy atom. The van der Waals surface area contributed by atoms with Gasteiger partial charge in [0.15, 0.2) is 0 Å². The highest BCUT2D eigenvalue weighted by Gasteiger charge is 2.15. The Morgan fingerprint density at radius 1 is 1.26 bits per heavy atom. The molecule has 1 fully saturated rings. The van der Waals surface area contributed by atoms with Gasteiger partial charge in [-0.3, -0.25) is 0 Å². The number of hydrogen-bond donors (Lipinski definition) is 0. The van der Waals surface area contributed by atoms with Gasteiger partial charge >= 0.3 is 0 Å². The van der Waals surface area contributed by atoms with Crippen molar-refractivity contribution in [1.82, 2.24) is 4.98 Å². The molecule has 0 N–H and O–H groups in total. The average molecular weight is 274 g/mol. The lowest BCUT2D eigenvalue weighted by atomic mass is 10.1. The highest BCUT2D eigenvalue weighted by atomic mass is 35.5. The van der Waals surface area contributed by atoms with E-state index in [2.05, 4.69) is 16.0 Å². The first kappa shape index (κ1) is 12.2. The fourth-order valence-corrected chi connectivity index (χ4v) is 2.40. The smallest absolute Gasteiger partial charge is 0.130 e. The second kappa shape index (κ2) is 5.04. The molecule has 2 heterocycles. The molecule has 1 aromatic carbocycles. The first-order valence-electron chi connectivity index (χ1n) is 6.11. The lowest BCUT2D eigenvalue weighted by molar-refractivity contribution is 0.122. The number of rotatable bonds is 1. The van der Waals surface area contributed by atoms with Crippen molar-refractivity contribution in [2.45, 2.75) is 0 Å². The summed E-state index contributed by atoms with van der Waals surface area (Å²) in [6.45, 7) is 3.00. The van der Waals surface area contributed by atoms with Crippen LogP contribution in [0, 0.1) is 11.3 Å². The van der Waals surface area contributed by atoms with Gasteiger partial charge in [0.1, 0.15) is 5.82 Å². The quantitative estimate of drug-likeness (QED) is 0.801. The highest BCUT2D eigenvalue weighted by Crippen LogP contribution is 2.25. The fourth-order valence-electron chi connectivity index (χ4n) is 2.23. The molecule has 5 heteroatoms. The maximum atomic E-state index is 9.29. The van der Waals surface area contributed by atoms with Crippen LogP contribution in [0.25, 0.3) is 10.9 Å². The lowest BCUT2D eigenvalue weighted by Gasteiger charge is -2.28. The molecule has 0 spiro atoms. The largest absolute Gasteiger partial charge is 0.378 e. The third-order valence-electron chi connectivity index (χ3n) is 3.21. The lowest BCUT2D eigenvalue weighted by Crippen LogP contribution is -2.36. The number of benzene rings is 1. The summed E-state index contributed by atoms with van der Waals surface area (Å²) in [6, 6.07) is 9.47. The maximum Gasteiger partial charge on any atom is 0.130 e. The van der Waals surface area contributed by atoms with E-state index in [1.807, 2.05) is 12.1 Å². The molecule has 0 radical (unpaired) electrons. The Balaban J connectivity index is 2.12. The number of nitrogens with zero attached hydrogens (tertiary/aromatic N) is 3. The zero-order chi connectivity index (χ0) is 13.2. The molecule has 0 bridgehead atoms. The van der Waals surface area contributed by atoms with Crippen molar-refractivity contribution in [3.8, 4) is 6.07 Å². The van der Waals surface area contributed by atoms with Crippen LogP contribution in [0.5, 0.6) is 0 Å². The Bertz CT molecular complexity index is 660. The zero-order valence-corrected chi connectivity index (χ0v) is 11.0. The van der Waals surface area contributed by atoms with Crippen LogP contribution in [0.4, 0.5) is 5.82 Å². The molecule has 0 atom stereocenters. The first-order valence-corrected chi connectivity index (χ1v) is 6.49. The molecule has 1 saturated heterocycles. The van der Waals surface area contributed by atoms with Gasteiger partial charge in [0.05, 0.1) is 30.4 Å². The second-order valence-corrected chi connectivity index (χ2v) is 4.84. The number of nitriles is 1. The summed E-state index contributed by atoms with van der Waals surface area (Å²) in [5, 5.41) is 10.7. The molecule has 1 aliphatic rings. The molecule has 0 saturated carbocycles. The SMILES string of the molecule is N#Cc1cc(N2CCOCC2)nc2ccc(Cl)cc12. The van der Waals surface area contributed by atoms with Gasteiger partial charge in [-0.1, -0.05) is 11.6 Å². The van der Waals surface area contributed by atoms with Crippen molar-refractivity contribution in [1.29, 1.82) is 5.26 Å². The average Bonchev–Trinajstić information content (AvgIpc) is 2.47. The van der Waals surface area contributed by atoms with Gasteiger partial charge in [-0.05, 0) is 24.3 Å². The third-order valence-corrected chi connectivity index (χ3v) is 3.45. The number of morpholine rings is 1. The molecule has 2 aromatic rings. The van der Waals surface area contributed by atoms with E-state index in [9.17, 15) is 5.26 Å². The summed E-state index contributed by atoms with van der Waals surface area (Å²) in [7, 11) is 0. The molecule has 0 aliphatic carbocycles. The fraction of sp³-hybridized carbons (Fsp3) is 0.286. The number of halogens is 1. The molecule has 0 unspecified atom stereocenters. The van der Waals surface area contributed by atoms with Crippen LogP contribution in [0.1, 0.15) is 5.56 Å². The molecule has 19 heavy (non-hydrogen) atoms. The molecule has 96 valence electrons. The van der Waals surface area contributed by atoms with Crippen molar-refractivity contribution >= 4 is 28.3 Å². The minimum atomic E-state index is 0.606. The number of hydrogen-bond acceptors (Lipinski definition) is 4. The molecule has 1 aliphatic heterocycles. The molecule has 4 nitrogen and oxygen atoms in total. The van der Waals surface area contributed by atoms with Crippen LogP contribution in [-0.2, 0) is 4.74 Å². The van der Waals surface area contributed by atoms with Crippen molar-refractivity contribution in [3.05, 3.63) is 34.9 Å². The number of ether oxygens (including phenoxy) is 1. The van der Waals surface area contributed by atoms with Crippen molar-refractivity contribution in [3.63, 3.8) is 0 Å². The van der Waals surface area contributed by atoms with Gasteiger partial charge in [0.25, 0.3) is 0 Å². The van der Waals surface area contributed by atoms with Gasteiger partial charge in [0, 0.05) is 23.5 Å². The van der Waals surface area contributed by atoms with Crippen molar-refractivity contribution < 1.29 is 4.74 Å². The Kier molecular flexibility index (Phi) is 3.24. The predicted molar refractivity (Wildman–Crippen MR) is 74.5 cm³/mol. The Morgan fingerprint density at radius 2 is 2.05 bits per heavy atom.